The van der Waals surface area contributed by atoms with Crippen molar-refractivity contribution in [3.63, 3.8) is 0 Å². The summed E-state index contributed by atoms with van der Waals surface area (Å²) in [6.07, 6.45) is 5.16. The molecule has 0 spiro atoms. The zero-order chi connectivity index (χ0) is 13.0. The second-order valence-corrected chi connectivity index (χ2v) is 5.10. The van der Waals surface area contributed by atoms with Crippen LogP contribution < -0.4 is 5.73 Å². The predicted molar refractivity (Wildman–Crippen MR) is 75.8 cm³/mol. The summed E-state index contributed by atoms with van der Waals surface area (Å²) >= 11 is 0. The van der Waals surface area contributed by atoms with Gasteiger partial charge >= 0.3 is 0 Å². The van der Waals surface area contributed by atoms with E-state index in [-0.39, 0.29) is 5.84 Å². The molecule has 18 heavy (non-hydrogen) atoms. The standard InChI is InChI=1S/C15H23N3/c1-2-13-8-5-6-10-18(13)11-12-7-3-4-9-14(12)15(16)17/h3-4,7,9,13H,2,5-6,8,10-11H2,1H3,(H3,16,17). The minimum absolute atomic E-state index is 0.177. The molecule has 1 saturated heterocycles. The highest BCUT2D eigenvalue weighted by molar-refractivity contribution is 5.96. The van der Waals surface area contributed by atoms with Gasteiger partial charge in [0.05, 0.1) is 0 Å². The first-order valence-corrected chi connectivity index (χ1v) is 6.88. The van der Waals surface area contributed by atoms with Gasteiger partial charge in [0.2, 0.25) is 0 Å². The highest BCUT2D eigenvalue weighted by Crippen LogP contribution is 2.22. The van der Waals surface area contributed by atoms with E-state index < -0.39 is 0 Å². The minimum Gasteiger partial charge on any atom is -0.384 e. The Balaban J connectivity index is 2.15. The van der Waals surface area contributed by atoms with Gasteiger partial charge in [-0.15, -0.1) is 0 Å². The molecule has 98 valence electrons. The Labute approximate surface area is 109 Å². The van der Waals surface area contributed by atoms with Gasteiger partial charge < -0.3 is 5.73 Å². The van der Waals surface area contributed by atoms with E-state index >= 15 is 0 Å². The van der Waals surface area contributed by atoms with Crippen LogP contribution in [0.1, 0.15) is 43.7 Å². The monoisotopic (exact) mass is 245 g/mol. The van der Waals surface area contributed by atoms with Crippen LogP contribution in [0.5, 0.6) is 0 Å². The summed E-state index contributed by atoms with van der Waals surface area (Å²) in [5.74, 6) is 0.177. The van der Waals surface area contributed by atoms with Crippen molar-refractivity contribution in [3.05, 3.63) is 35.4 Å². The maximum absolute atomic E-state index is 7.65. The first-order chi connectivity index (χ1) is 8.72. The quantitative estimate of drug-likeness (QED) is 0.633. The average Bonchev–Trinajstić information content (AvgIpc) is 2.40. The molecule has 0 radical (unpaired) electrons. The van der Waals surface area contributed by atoms with Crippen molar-refractivity contribution >= 4 is 5.84 Å². The normalized spacial score (nSPS) is 20.8. The summed E-state index contributed by atoms with van der Waals surface area (Å²) < 4.78 is 0. The molecule has 0 amide bonds. The fourth-order valence-corrected chi connectivity index (χ4v) is 2.87. The van der Waals surface area contributed by atoms with E-state index in [9.17, 15) is 0 Å². The van der Waals surface area contributed by atoms with E-state index in [0.717, 1.165) is 12.1 Å². The van der Waals surface area contributed by atoms with Crippen LogP contribution in [-0.2, 0) is 6.54 Å². The maximum Gasteiger partial charge on any atom is 0.123 e. The topological polar surface area (TPSA) is 53.1 Å². The van der Waals surface area contributed by atoms with Crippen LogP contribution >= 0.6 is 0 Å². The van der Waals surface area contributed by atoms with Gasteiger partial charge in [0.25, 0.3) is 0 Å². The molecular formula is C15H23N3. The first kappa shape index (κ1) is 13.1. The van der Waals surface area contributed by atoms with Crippen LogP contribution in [0.25, 0.3) is 0 Å². The second-order valence-electron chi connectivity index (χ2n) is 5.10. The third kappa shape index (κ3) is 2.91. The fourth-order valence-electron chi connectivity index (χ4n) is 2.87. The van der Waals surface area contributed by atoms with E-state index in [1.54, 1.807) is 0 Å². The molecule has 0 aromatic heterocycles. The number of rotatable bonds is 4. The molecule has 1 aliphatic heterocycles. The Morgan fingerprint density at radius 3 is 2.89 bits per heavy atom. The lowest BCUT2D eigenvalue weighted by atomic mass is 9.98. The number of likely N-dealkylation sites (tertiary alicyclic amines) is 1. The Morgan fingerprint density at radius 1 is 1.39 bits per heavy atom. The highest BCUT2D eigenvalue weighted by atomic mass is 15.2. The summed E-state index contributed by atoms with van der Waals surface area (Å²) in [6, 6.07) is 8.72. The van der Waals surface area contributed by atoms with Crippen molar-refractivity contribution in [2.45, 2.75) is 45.2 Å². The third-order valence-electron chi connectivity index (χ3n) is 3.90. The van der Waals surface area contributed by atoms with Crippen molar-refractivity contribution in [1.29, 1.82) is 5.41 Å². The van der Waals surface area contributed by atoms with Gasteiger partial charge in [-0.05, 0) is 31.4 Å². The molecule has 2 rings (SSSR count). The molecule has 3 N–H and O–H groups in total. The van der Waals surface area contributed by atoms with Crippen molar-refractivity contribution in [2.24, 2.45) is 5.73 Å². The van der Waals surface area contributed by atoms with E-state index in [2.05, 4.69) is 17.9 Å². The number of hydrogen-bond donors (Lipinski definition) is 2. The molecule has 0 aliphatic carbocycles. The molecule has 1 aliphatic rings. The van der Waals surface area contributed by atoms with Crippen LogP contribution in [0.4, 0.5) is 0 Å². The molecule has 1 fully saturated rings. The summed E-state index contributed by atoms with van der Waals surface area (Å²) in [7, 11) is 0. The van der Waals surface area contributed by atoms with Crippen molar-refractivity contribution < 1.29 is 0 Å². The van der Waals surface area contributed by atoms with Gasteiger partial charge in [-0.25, -0.2) is 0 Å². The van der Waals surface area contributed by atoms with Gasteiger partial charge in [-0.3, -0.25) is 10.3 Å². The summed E-state index contributed by atoms with van der Waals surface area (Å²) in [4.78, 5) is 2.55. The third-order valence-corrected chi connectivity index (χ3v) is 3.90. The molecule has 1 atom stereocenters. The Bertz CT molecular complexity index is 414. The largest absolute Gasteiger partial charge is 0.384 e. The minimum atomic E-state index is 0.177. The fraction of sp³-hybridized carbons (Fsp3) is 0.533. The molecule has 3 heteroatoms. The summed E-state index contributed by atoms with van der Waals surface area (Å²) in [5, 5.41) is 7.65. The molecule has 1 aromatic carbocycles. The van der Waals surface area contributed by atoms with Crippen LogP contribution in [0.3, 0.4) is 0 Å². The van der Waals surface area contributed by atoms with E-state index in [1.807, 2.05) is 18.2 Å². The van der Waals surface area contributed by atoms with Crippen LogP contribution in [0.15, 0.2) is 24.3 Å². The first-order valence-electron chi connectivity index (χ1n) is 6.88. The van der Waals surface area contributed by atoms with Crippen LogP contribution in [0, 0.1) is 5.41 Å². The summed E-state index contributed by atoms with van der Waals surface area (Å²) in [6.45, 7) is 4.36. The van der Waals surface area contributed by atoms with Crippen molar-refractivity contribution in [3.8, 4) is 0 Å². The van der Waals surface area contributed by atoms with Gasteiger partial charge in [0.1, 0.15) is 5.84 Å². The Morgan fingerprint density at radius 2 is 2.17 bits per heavy atom. The van der Waals surface area contributed by atoms with Crippen molar-refractivity contribution in [2.75, 3.05) is 6.54 Å². The number of piperidine rings is 1. The lowest BCUT2D eigenvalue weighted by molar-refractivity contribution is 0.136. The molecular weight excluding hydrogens is 222 g/mol. The number of benzene rings is 1. The highest BCUT2D eigenvalue weighted by Gasteiger charge is 2.21. The zero-order valence-corrected chi connectivity index (χ0v) is 11.2. The predicted octanol–water partition coefficient (Wildman–Crippen LogP) is 2.74. The number of nitrogen functional groups attached to an aromatic ring is 1. The Hall–Kier alpha value is -1.35. The van der Waals surface area contributed by atoms with E-state index in [1.165, 1.54) is 37.8 Å². The smallest absolute Gasteiger partial charge is 0.123 e. The van der Waals surface area contributed by atoms with Crippen LogP contribution in [-0.4, -0.2) is 23.3 Å². The summed E-state index contributed by atoms with van der Waals surface area (Å²) in [5.41, 5.74) is 7.72. The molecule has 1 heterocycles. The van der Waals surface area contributed by atoms with Crippen molar-refractivity contribution in [1.82, 2.24) is 4.90 Å². The average molecular weight is 245 g/mol. The Kier molecular flexibility index (Phi) is 4.37. The molecule has 0 saturated carbocycles. The number of nitrogens with zero attached hydrogens (tertiary/aromatic N) is 1. The van der Waals surface area contributed by atoms with E-state index in [4.69, 9.17) is 11.1 Å². The maximum atomic E-state index is 7.65. The number of amidine groups is 1. The lowest BCUT2D eigenvalue weighted by Gasteiger charge is -2.35. The van der Waals surface area contributed by atoms with Gasteiger partial charge in [0, 0.05) is 18.2 Å². The number of hydrogen-bond acceptors (Lipinski definition) is 2. The molecule has 0 bridgehead atoms. The molecule has 1 unspecified atom stereocenters. The zero-order valence-electron chi connectivity index (χ0n) is 11.2. The molecule has 3 nitrogen and oxygen atoms in total. The van der Waals surface area contributed by atoms with E-state index in [0.29, 0.717) is 6.04 Å². The SMILES string of the molecule is CCC1CCCCN1Cc1ccccc1C(=N)N. The van der Waals surface area contributed by atoms with Gasteiger partial charge in [0.15, 0.2) is 0 Å². The van der Waals surface area contributed by atoms with Gasteiger partial charge in [-0.2, -0.15) is 0 Å². The number of nitrogens with two attached hydrogens (primary N) is 1. The van der Waals surface area contributed by atoms with Gasteiger partial charge in [-0.1, -0.05) is 37.6 Å². The number of nitrogens with one attached hydrogen (secondary N) is 1. The molecule has 1 aromatic rings. The van der Waals surface area contributed by atoms with Crippen LogP contribution in [0.2, 0.25) is 0 Å². The lowest BCUT2D eigenvalue weighted by Crippen LogP contribution is -2.38. The second kappa shape index (κ2) is 6.01.